The quantitative estimate of drug-likeness (QED) is 0.716. The maximum Gasteiger partial charge on any atom is 0.295 e. The van der Waals surface area contributed by atoms with Crippen LogP contribution in [0.25, 0.3) is 10.9 Å². The number of nitrogens with zero attached hydrogens (tertiary/aromatic N) is 4. The molecule has 0 radical (unpaired) electrons. The van der Waals surface area contributed by atoms with Crippen LogP contribution < -0.4 is 5.56 Å². The molecule has 3 rings (SSSR count). The van der Waals surface area contributed by atoms with E-state index in [1.54, 1.807) is 10.9 Å². The average Bonchev–Trinajstić information content (AvgIpc) is 2.76. The van der Waals surface area contributed by atoms with Gasteiger partial charge in [-0.25, -0.2) is 4.68 Å². The van der Waals surface area contributed by atoms with Crippen LogP contribution in [0.15, 0.2) is 39.7 Å². The number of fused-ring (bicyclic) bond motifs is 1. The van der Waals surface area contributed by atoms with Gasteiger partial charge in [-0.1, -0.05) is 28.1 Å². The molecule has 5 nitrogen and oxygen atoms in total. The molecule has 0 saturated carbocycles. The number of benzene rings is 1. The van der Waals surface area contributed by atoms with Crippen molar-refractivity contribution in [3.05, 3.63) is 56.5 Å². The summed E-state index contributed by atoms with van der Waals surface area (Å²) < 4.78 is 4.20. The van der Waals surface area contributed by atoms with Crippen LogP contribution in [0.1, 0.15) is 24.2 Å². The van der Waals surface area contributed by atoms with Crippen molar-refractivity contribution in [2.24, 2.45) is 7.05 Å². The predicted molar refractivity (Wildman–Crippen MR) is 85.5 cm³/mol. The molecule has 108 valence electrons. The van der Waals surface area contributed by atoms with E-state index in [2.05, 4.69) is 26.1 Å². The smallest absolute Gasteiger partial charge is 0.271 e. The molecule has 0 aliphatic rings. The highest BCUT2D eigenvalue weighted by Crippen LogP contribution is 2.19. The van der Waals surface area contributed by atoms with Crippen molar-refractivity contribution < 1.29 is 0 Å². The van der Waals surface area contributed by atoms with Gasteiger partial charge >= 0.3 is 0 Å². The summed E-state index contributed by atoms with van der Waals surface area (Å²) in [5, 5.41) is 9.42. The average molecular weight is 347 g/mol. The lowest BCUT2D eigenvalue weighted by Crippen LogP contribution is -2.26. The molecule has 6 heteroatoms. The van der Waals surface area contributed by atoms with Crippen LogP contribution in [0.5, 0.6) is 0 Å². The van der Waals surface area contributed by atoms with Crippen molar-refractivity contribution in [1.82, 2.24) is 19.6 Å². The van der Waals surface area contributed by atoms with Gasteiger partial charge in [0.25, 0.3) is 5.56 Å². The Morgan fingerprint density at radius 2 is 1.90 bits per heavy atom. The molecular formula is C15H15BrN4O. The normalized spacial score (nSPS) is 12.8. The van der Waals surface area contributed by atoms with Crippen LogP contribution in [-0.4, -0.2) is 19.6 Å². The molecule has 2 aromatic heterocycles. The molecule has 1 aromatic carbocycles. The van der Waals surface area contributed by atoms with E-state index in [4.69, 9.17) is 0 Å². The van der Waals surface area contributed by atoms with Crippen LogP contribution in [0.3, 0.4) is 0 Å². The van der Waals surface area contributed by atoms with Crippen LogP contribution >= 0.6 is 15.9 Å². The molecule has 0 bridgehead atoms. The van der Waals surface area contributed by atoms with Gasteiger partial charge in [-0.2, -0.15) is 10.2 Å². The zero-order valence-electron chi connectivity index (χ0n) is 12.0. The number of hydrogen-bond acceptors (Lipinski definition) is 3. The van der Waals surface area contributed by atoms with E-state index in [1.165, 1.54) is 4.68 Å². The topological polar surface area (TPSA) is 52.7 Å². The van der Waals surface area contributed by atoms with Gasteiger partial charge in [0.1, 0.15) is 0 Å². The van der Waals surface area contributed by atoms with E-state index < -0.39 is 0 Å². The third kappa shape index (κ3) is 2.29. The van der Waals surface area contributed by atoms with E-state index in [0.717, 1.165) is 21.1 Å². The first-order valence-corrected chi connectivity index (χ1v) is 7.45. The molecule has 2 heterocycles. The highest BCUT2D eigenvalue weighted by molar-refractivity contribution is 9.10. The van der Waals surface area contributed by atoms with Crippen molar-refractivity contribution in [2.45, 2.75) is 19.9 Å². The number of aryl methyl sites for hydroxylation is 2. The number of aromatic nitrogens is 4. The molecule has 0 fully saturated rings. The van der Waals surface area contributed by atoms with Crippen LogP contribution in [0.2, 0.25) is 0 Å². The van der Waals surface area contributed by atoms with E-state index in [9.17, 15) is 4.79 Å². The van der Waals surface area contributed by atoms with E-state index in [-0.39, 0.29) is 11.6 Å². The van der Waals surface area contributed by atoms with Crippen LogP contribution in [0.4, 0.5) is 0 Å². The second kappa shape index (κ2) is 5.11. The fraction of sp³-hybridized carbons (Fsp3) is 0.267. The third-order valence-electron chi connectivity index (χ3n) is 3.82. The van der Waals surface area contributed by atoms with Gasteiger partial charge in [0.05, 0.1) is 12.2 Å². The molecule has 0 spiro atoms. The van der Waals surface area contributed by atoms with Gasteiger partial charge in [-0.3, -0.25) is 9.48 Å². The van der Waals surface area contributed by atoms with Crippen molar-refractivity contribution in [2.75, 3.05) is 0 Å². The fourth-order valence-electron chi connectivity index (χ4n) is 2.38. The van der Waals surface area contributed by atoms with Gasteiger partial charge in [-0.05, 0) is 31.5 Å². The Labute approximate surface area is 130 Å². The van der Waals surface area contributed by atoms with Crippen molar-refractivity contribution in [3.63, 3.8) is 0 Å². The minimum absolute atomic E-state index is 0.141. The zero-order valence-corrected chi connectivity index (χ0v) is 13.6. The number of hydrogen-bond donors (Lipinski definition) is 0. The number of halogens is 1. The SMILES string of the molecule is Cc1c2cnn(C(C)c3ccc(Br)cc3)c(=O)c2nn1C. The standard InChI is InChI=1S/C15H15BrN4O/c1-9(11-4-6-12(16)7-5-11)20-15(21)14-13(8-17-20)10(2)19(3)18-14/h4-9H,1-3H3. The Morgan fingerprint density at radius 1 is 1.24 bits per heavy atom. The maximum absolute atomic E-state index is 12.6. The Hall–Kier alpha value is -1.95. The Morgan fingerprint density at radius 3 is 2.57 bits per heavy atom. The minimum Gasteiger partial charge on any atom is -0.271 e. The summed E-state index contributed by atoms with van der Waals surface area (Å²) in [6.07, 6.45) is 1.72. The maximum atomic E-state index is 12.6. The van der Waals surface area contributed by atoms with Gasteiger partial charge in [0, 0.05) is 22.6 Å². The molecule has 1 atom stereocenters. The Bertz CT molecular complexity index is 864. The summed E-state index contributed by atoms with van der Waals surface area (Å²) in [4.78, 5) is 12.6. The predicted octanol–water partition coefficient (Wildman–Crippen LogP) is 2.81. The van der Waals surface area contributed by atoms with Crippen LogP contribution in [0, 0.1) is 6.92 Å². The molecule has 0 saturated heterocycles. The zero-order chi connectivity index (χ0) is 15.1. The largest absolute Gasteiger partial charge is 0.295 e. The lowest BCUT2D eigenvalue weighted by atomic mass is 10.1. The van der Waals surface area contributed by atoms with Crippen LogP contribution in [-0.2, 0) is 7.05 Å². The lowest BCUT2D eigenvalue weighted by Gasteiger charge is -2.13. The molecule has 0 aliphatic carbocycles. The van der Waals surface area contributed by atoms with Crippen molar-refractivity contribution in [3.8, 4) is 0 Å². The van der Waals surface area contributed by atoms with E-state index >= 15 is 0 Å². The molecule has 1 unspecified atom stereocenters. The second-order valence-electron chi connectivity index (χ2n) is 5.09. The first-order chi connectivity index (χ1) is 9.99. The summed E-state index contributed by atoms with van der Waals surface area (Å²) >= 11 is 3.41. The van der Waals surface area contributed by atoms with Gasteiger partial charge in [-0.15, -0.1) is 0 Å². The highest BCUT2D eigenvalue weighted by atomic mass is 79.9. The Kier molecular flexibility index (Phi) is 3.41. The van der Waals surface area contributed by atoms with Gasteiger partial charge in [0.2, 0.25) is 0 Å². The third-order valence-corrected chi connectivity index (χ3v) is 4.35. The second-order valence-corrected chi connectivity index (χ2v) is 6.01. The Balaban J connectivity index is 2.14. The summed E-state index contributed by atoms with van der Waals surface area (Å²) in [5.74, 6) is 0. The minimum atomic E-state index is -0.161. The summed E-state index contributed by atoms with van der Waals surface area (Å²) in [5.41, 5.74) is 2.28. The molecule has 0 aliphatic heterocycles. The van der Waals surface area contributed by atoms with Gasteiger partial charge in [0.15, 0.2) is 5.52 Å². The fourth-order valence-corrected chi connectivity index (χ4v) is 2.64. The van der Waals surface area contributed by atoms with Crippen molar-refractivity contribution in [1.29, 1.82) is 0 Å². The first kappa shape index (κ1) is 14.0. The summed E-state index contributed by atoms with van der Waals surface area (Å²) in [7, 11) is 1.83. The lowest BCUT2D eigenvalue weighted by molar-refractivity contribution is 0.536. The summed E-state index contributed by atoms with van der Waals surface area (Å²) in [6, 6.07) is 7.74. The van der Waals surface area contributed by atoms with Crippen molar-refractivity contribution >= 4 is 26.8 Å². The molecule has 3 aromatic rings. The van der Waals surface area contributed by atoms with E-state index in [1.807, 2.05) is 45.2 Å². The monoisotopic (exact) mass is 346 g/mol. The molecular weight excluding hydrogens is 332 g/mol. The molecule has 0 amide bonds. The van der Waals surface area contributed by atoms with Gasteiger partial charge < -0.3 is 0 Å². The highest BCUT2D eigenvalue weighted by Gasteiger charge is 2.16. The summed E-state index contributed by atoms with van der Waals surface area (Å²) in [6.45, 7) is 3.89. The first-order valence-electron chi connectivity index (χ1n) is 6.65. The van der Waals surface area contributed by atoms with E-state index in [0.29, 0.717) is 5.52 Å². The molecule has 0 N–H and O–H groups in total. The molecule has 21 heavy (non-hydrogen) atoms. The number of rotatable bonds is 2.